The normalized spacial score (nSPS) is 11.9. The van der Waals surface area contributed by atoms with Gasteiger partial charge in [0.25, 0.3) is 0 Å². The van der Waals surface area contributed by atoms with Crippen LogP contribution >= 0.6 is 0 Å². The van der Waals surface area contributed by atoms with Crippen molar-refractivity contribution in [3.05, 3.63) is 23.8 Å². The van der Waals surface area contributed by atoms with E-state index in [1.54, 1.807) is 18.2 Å². The van der Waals surface area contributed by atoms with Gasteiger partial charge >= 0.3 is 5.97 Å². The molecule has 94 valence electrons. The zero-order valence-electron chi connectivity index (χ0n) is 10.5. The molecule has 0 spiro atoms. The van der Waals surface area contributed by atoms with Gasteiger partial charge in [-0.1, -0.05) is 13.0 Å². The molecule has 1 aromatic carbocycles. The SMILES string of the molecule is CCOc1c(N)cccc1C(=O)OC(C)CC. The lowest BCUT2D eigenvalue weighted by Crippen LogP contribution is -2.15. The van der Waals surface area contributed by atoms with Gasteiger partial charge in [0.05, 0.1) is 18.4 Å². The Bertz CT molecular complexity index is 390. The summed E-state index contributed by atoms with van der Waals surface area (Å²) >= 11 is 0. The summed E-state index contributed by atoms with van der Waals surface area (Å²) in [6.07, 6.45) is 0.663. The van der Waals surface area contributed by atoms with Crippen LogP contribution in [-0.4, -0.2) is 18.7 Å². The molecule has 0 saturated heterocycles. The summed E-state index contributed by atoms with van der Waals surface area (Å²) in [6, 6.07) is 5.07. The molecule has 1 rings (SSSR count). The molecule has 4 nitrogen and oxygen atoms in total. The molecule has 1 aromatic rings. The maximum atomic E-state index is 11.9. The van der Waals surface area contributed by atoms with Crippen molar-refractivity contribution in [1.29, 1.82) is 0 Å². The molecule has 0 aliphatic rings. The Balaban J connectivity index is 2.96. The number of ether oxygens (including phenoxy) is 2. The Hall–Kier alpha value is -1.71. The molecule has 0 aliphatic heterocycles. The summed E-state index contributed by atoms with van der Waals surface area (Å²) in [5.74, 6) is 0.0124. The second-order valence-corrected chi connectivity index (χ2v) is 3.78. The van der Waals surface area contributed by atoms with Crippen molar-refractivity contribution in [3.63, 3.8) is 0 Å². The van der Waals surface area contributed by atoms with Gasteiger partial charge in [0, 0.05) is 0 Å². The Kier molecular flexibility index (Phi) is 4.82. The first-order valence-corrected chi connectivity index (χ1v) is 5.82. The number of anilines is 1. The van der Waals surface area contributed by atoms with Gasteiger partial charge in [0.2, 0.25) is 0 Å². The van der Waals surface area contributed by atoms with Gasteiger partial charge in [-0.05, 0) is 32.4 Å². The fourth-order valence-corrected chi connectivity index (χ4v) is 1.35. The summed E-state index contributed by atoms with van der Waals surface area (Å²) < 4.78 is 10.6. The van der Waals surface area contributed by atoms with Crippen LogP contribution in [0.3, 0.4) is 0 Å². The molecule has 1 unspecified atom stereocenters. The van der Waals surface area contributed by atoms with Crippen LogP contribution in [0.1, 0.15) is 37.6 Å². The lowest BCUT2D eigenvalue weighted by atomic mass is 10.1. The third kappa shape index (κ3) is 3.37. The molecular weight excluding hydrogens is 218 g/mol. The van der Waals surface area contributed by atoms with Crippen LogP contribution < -0.4 is 10.5 Å². The van der Waals surface area contributed by atoms with Crippen LogP contribution in [0.2, 0.25) is 0 Å². The zero-order chi connectivity index (χ0) is 12.8. The van der Waals surface area contributed by atoms with Crippen LogP contribution in [0.4, 0.5) is 5.69 Å². The van der Waals surface area contributed by atoms with E-state index in [9.17, 15) is 4.79 Å². The Morgan fingerprint density at radius 1 is 1.41 bits per heavy atom. The van der Waals surface area contributed by atoms with E-state index in [0.29, 0.717) is 23.6 Å². The molecule has 4 heteroatoms. The van der Waals surface area contributed by atoms with E-state index in [0.717, 1.165) is 6.42 Å². The molecular formula is C13H19NO3. The van der Waals surface area contributed by atoms with Crippen molar-refractivity contribution in [3.8, 4) is 5.75 Å². The molecule has 0 aromatic heterocycles. The molecule has 0 heterocycles. The van der Waals surface area contributed by atoms with E-state index in [1.165, 1.54) is 0 Å². The van der Waals surface area contributed by atoms with E-state index < -0.39 is 5.97 Å². The summed E-state index contributed by atoms with van der Waals surface area (Å²) in [5.41, 5.74) is 6.61. The topological polar surface area (TPSA) is 61.5 Å². The highest BCUT2D eigenvalue weighted by atomic mass is 16.5. The number of nitrogens with two attached hydrogens (primary N) is 1. The van der Waals surface area contributed by atoms with Gasteiger partial charge in [-0.15, -0.1) is 0 Å². The lowest BCUT2D eigenvalue weighted by molar-refractivity contribution is 0.0330. The number of benzene rings is 1. The highest BCUT2D eigenvalue weighted by Crippen LogP contribution is 2.27. The number of hydrogen-bond donors (Lipinski definition) is 1. The number of carbonyl (C=O) groups excluding carboxylic acids is 1. The predicted molar refractivity (Wildman–Crippen MR) is 67.2 cm³/mol. The van der Waals surface area contributed by atoms with E-state index in [1.807, 2.05) is 20.8 Å². The minimum absolute atomic E-state index is 0.113. The summed E-state index contributed by atoms with van der Waals surface area (Å²) in [5, 5.41) is 0. The van der Waals surface area contributed by atoms with Crippen molar-refractivity contribution >= 4 is 11.7 Å². The average Bonchev–Trinajstić information content (AvgIpc) is 2.31. The minimum atomic E-state index is -0.393. The van der Waals surface area contributed by atoms with Gasteiger partial charge in [-0.3, -0.25) is 0 Å². The van der Waals surface area contributed by atoms with Crippen LogP contribution in [0.25, 0.3) is 0 Å². The monoisotopic (exact) mass is 237 g/mol. The van der Waals surface area contributed by atoms with E-state index in [2.05, 4.69) is 0 Å². The standard InChI is InChI=1S/C13H19NO3/c1-4-9(3)17-13(15)10-7-6-8-11(14)12(10)16-5-2/h6-9H,4-5,14H2,1-3H3. The Morgan fingerprint density at radius 3 is 2.71 bits per heavy atom. The molecule has 17 heavy (non-hydrogen) atoms. The Morgan fingerprint density at radius 2 is 2.12 bits per heavy atom. The Labute approximate surface area is 102 Å². The van der Waals surface area contributed by atoms with E-state index >= 15 is 0 Å². The number of esters is 1. The number of rotatable bonds is 5. The second kappa shape index (κ2) is 6.13. The number of hydrogen-bond acceptors (Lipinski definition) is 4. The van der Waals surface area contributed by atoms with E-state index in [4.69, 9.17) is 15.2 Å². The number of para-hydroxylation sites is 1. The molecule has 1 atom stereocenters. The first-order chi connectivity index (χ1) is 8.10. The van der Waals surface area contributed by atoms with Gasteiger partial charge < -0.3 is 15.2 Å². The zero-order valence-corrected chi connectivity index (χ0v) is 10.5. The molecule has 0 radical (unpaired) electrons. The highest BCUT2D eigenvalue weighted by molar-refractivity contribution is 5.94. The maximum Gasteiger partial charge on any atom is 0.342 e. The third-order valence-electron chi connectivity index (χ3n) is 2.44. The maximum absolute atomic E-state index is 11.9. The molecule has 0 amide bonds. The summed E-state index contributed by atoms with van der Waals surface area (Å²) in [6.45, 7) is 6.11. The van der Waals surface area contributed by atoms with Gasteiger partial charge in [0.1, 0.15) is 5.56 Å². The fourth-order valence-electron chi connectivity index (χ4n) is 1.35. The largest absolute Gasteiger partial charge is 0.491 e. The third-order valence-corrected chi connectivity index (χ3v) is 2.44. The minimum Gasteiger partial charge on any atom is -0.491 e. The molecule has 0 bridgehead atoms. The van der Waals surface area contributed by atoms with Gasteiger partial charge in [0.15, 0.2) is 5.75 Å². The average molecular weight is 237 g/mol. The predicted octanol–water partition coefficient (Wildman–Crippen LogP) is 2.62. The van der Waals surface area contributed by atoms with Crippen molar-refractivity contribution in [2.24, 2.45) is 0 Å². The second-order valence-electron chi connectivity index (χ2n) is 3.78. The summed E-state index contributed by atoms with van der Waals surface area (Å²) in [7, 11) is 0. The van der Waals surface area contributed by atoms with Gasteiger partial charge in [-0.2, -0.15) is 0 Å². The van der Waals surface area contributed by atoms with Crippen LogP contribution in [-0.2, 0) is 4.74 Å². The first kappa shape index (κ1) is 13.4. The van der Waals surface area contributed by atoms with Crippen molar-refractivity contribution in [2.75, 3.05) is 12.3 Å². The molecule has 0 saturated carbocycles. The van der Waals surface area contributed by atoms with Crippen molar-refractivity contribution in [1.82, 2.24) is 0 Å². The van der Waals surface area contributed by atoms with E-state index in [-0.39, 0.29) is 6.10 Å². The number of nitrogen functional groups attached to an aromatic ring is 1. The first-order valence-electron chi connectivity index (χ1n) is 5.82. The van der Waals surface area contributed by atoms with Gasteiger partial charge in [-0.25, -0.2) is 4.79 Å². The van der Waals surface area contributed by atoms with Crippen molar-refractivity contribution < 1.29 is 14.3 Å². The smallest absolute Gasteiger partial charge is 0.342 e. The molecule has 2 N–H and O–H groups in total. The van der Waals surface area contributed by atoms with Crippen LogP contribution in [0.15, 0.2) is 18.2 Å². The molecule has 0 aliphatic carbocycles. The summed E-state index contributed by atoms with van der Waals surface area (Å²) in [4.78, 5) is 11.9. The fraction of sp³-hybridized carbons (Fsp3) is 0.462. The number of carbonyl (C=O) groups is 1. The highest BCUT2D eigenvalue weighted by Gasteiger charge is 2.17. The lowest BCUT2D eigenvalue weighted by Gasteiger charge is -2.14. The molecule has 0 fully saturated rings. The van der Waals surface area contributed by atoms with Crippen molar-refractivity contribution in [2.45, 2.75) is 33.3 Å². The van der Waals surface area contributed by atoms with Crippen LogP contribution in [0, 0.1) is 0 Å². The van der Waals surface area contributed by atoms with Crippen LogP contribution in [0.5, 0.6) is 5.75 Å². The quantitative estimate of drug-likeness (QED) is 0.631.